The second-order valence-corrected chi connectivity index (χ2v) is 3.78. The Balaban J connectivity index is 2.98. The highest BCUT2D eigenvalue weighted by Crippen LogP contribution is 2.19. The minimum Gasteiger partial charge on any atom is -0.463 e. The van der Waals surface area contributed by atoms with Gasteiger partial charge in [0.05, 0.1) is 5.56 Å². The van der Waals surface area contributed by atoms with E-state index in [-0.39, 0.29) is 6.61 Å². The van der Waals surface area contributed by atoms with Crippen molar-refractivity contribution in [1.82, 2.24) is 9.97 Å². The smallest absolute Gasteiger partial charge is 0.293 e. The number of anilines is 1. The molecule has 0 spiro atoms. The molecule has 0 amide bonds. The lowest BCUT2D eigenvalue weighted by Crippen LogP contribution is -2.14. The van der Waals surface area contributed by atoms with Crippen molar-refractivity contribution in [2.24, 2.45) is 0 Å². The number of nitrogens with zero attached hydrogens (tertiary/aromatic N) is 3. The fraction of sp³-hybridized carbons (Fsp3) is 0.444. The van der Waals surface area contributed by atoms with Crippen LogP contribution < -0.4 is 4.90 Å². The fourth-order valence-corrected chi connectivity index (χ4v) is 1.43. The third-order valence-corrected chi connectivity index (χ3v) is 2.29. The molecule has 1 aromatic rings. The van der Waals surface area contributed by atoms with Gasteiger partial charge >= 0.3 is 0 Å². The molecule has 6 heteroatoms. The third-order valence-electron chi connectivity index (χ3n) is 1.73. The minimum atomic E-state index is 0.200. The Bertz CT molecular complexity index is 344. The number of rotatable bonds is 5. The van der Waals surface area contributed by atoms with Gasteiger partial charge in [0.2, 0.25) is 0 Å². The second-order valence-electron chi connectivity index (χ2n) is 3.01. The maximum absolute atomic E-state index is 10.1. The van der Waals surface area contributed by atoms with E-state index >= 15 is 0 Å². The third kappa shape index (κ3) is 3.09. The van der Waals surface area contributed by atoms with Crippen LogP contribution in [0.5, 0.6) is 0 Å². The number of hydrogen-bond donors (Lipinski definition) is 0. The molecule has 0 aliphatic rings. The average molecular weight is 227 g/mol. The summed E-state index contributed by atoms with van der Waals surface area (Å²) < 4.78 is 4.69. The van der Waals surface area contributed by atoms with Crippen LogP contribution >= 0.6 is 11.8 Å². The summed E-state index contributed by atoms with van der Waals surface area (Å²) in [5.74, 6) is 0.774. The molecule has 15 heavy (non-hydrogen) atoms. The van der Waals surface area contributed by atoms with Crippen molar-refractivity contribution in [2.45, 2.75) is 11.8 Å². The molecule has 0 unspecified atom stereocenters. The number of ether oxygens (including phenoxy) is 1. The van der Waals surface area contributed by atoms with Crippen LogP contribution in [0.15, 0.2) is 11.4 Å². The van der Waals surface area contributed by atoms with Gasteiger partial charge in [0.25, 0.3) is 6.47 Å². The first kappa shape index (κ1) is 11.8. The zero-order chi connectivity index (χ0) is 11.3. The lowest BCUT2D eigenvalue weighted by Gasteiger charge is -2.15. The van der Waals surface area contributed by atoms with Crippen molar-refractivity contribution < 1.29 is 9.53 Å². The highest BCUT2D eigenvalue weighted by Gasteiger charge is 2.08. The summed E-state index contributed by atoms with van der Waals surface area (Å²) in [4.78, 5) is 20.4. The van der Waals surface area contributed by atoms with Crippen LogP contribution in [0.3, 0.4) is 0 Å². The lowest BCUT2D eigenvalue weighted by molar-refractivity contribution is -0.129. The molecule has 0 saturated carbocycles. The molecule has 0 fully saturated rings. The molecule has 5 nitrogen and oxygen atoms in total. The van der Waals surface area contributed by atoms with Gasteiger partial charge in [-0.25, -0.2) is 9.97 Å². The maximum atomic E-state index is 10.1. The van der Waals surface area contributed by atoms with Crippen LogP contribution in [0.25, 0.3) is 0 Å². The minimum absolute atomic E-state index is 0.200. The maximum Gasteiger partial charge on any atom is 0.293 e. The van der Waals surface area contributed by atoms with Gasteiger partial charge in [0.1, 0.15) is 12.4 Å². The van der Waals surface area contributed by atoms with Crippen LogP contribution in [0, 0.1) is 0 Å². The van der Waals surface area contributed by atoms with Crippen molar-refractivity contribution in [1.29, 1.82) is 0 Å². The molecule has 1 heterocycles. The van der Waals surface area contributed by atoms with E-state index in [9.17, 15) is 4.79 Å². The first-order valence-electron chi connectivity index (χ1n) is 4.31. The Kier molecular flexibility index (Phi) is 4.36. The molecule has 82 valence electrons. The Morgan fingerprint density at radius 2 is 2.33 bits per heavy atom. The van der Waals surface area contributed by atoms with Crippen LogP contribution in [0.1, 0.15) is 5.56 Å². The average Bonchev–Trinajstić information content (AvgIpc) is 2.26. The van der Waals surface area contributed by atoms with Crippen molar-refractivity contribution in [3.8, 4) is 0 Å². The molecule has 0 atom stereocenters. The van der Waals surface area contributed by atoms with E-state index in [1.54, 1.807) is 6.20 Å². The molecule has 0 aliphatic heterocycles. The number of hydrogen-bond acceptors (Lipinski definition) is 6. The molecule has 1 rings (SSSR count). The van der Waals surface area contributed by atoms with Gasteiger partial charge in [0.15, 0.2) is 5.16 Å². The molecule has 0 N–H and O–H groups in total. The molecule has 0 aromatic carbocycles. The first-order chi connectivity index (χ1) is 7.19. The van der Waals surface area contributed by atoms with E-state index in [0.717, 1.165) is 11.4 Å². The Morgan fingerprint density at radius 1 is 1.60 bits per heavy atom. The van der Waals surface area contributed by atoms with Crippen molar-refractivity contribution >= 4 is 24.1 Å². The van der Waals surface area contributed by atoms with Crippen LogP contribution in [-0.2, 0) is 16.1 Å². The number of carbonyl (C=O) groups excluding carboxylic acids is 1. The van der Waals surface area contributed by atoms with Gasteiger partial charge in [-0.05, 0) is 6.26 Å². The topological polar surface area (TPSA) is 55.3 Å². The number of aromatic nitrogens is 2. The van der Waals surface area contributed by atoms with E-state index in [1.807, 2.05) is 25.3 Å². The molecule has 0 radical (unpaired) electrons. The number of carbonyl (C=O) groups is 1. The quantitative estimate of drug-likeness (QED) is 0.424. The summed E-state index contributed by atoms with van der Waals surface area (Å²) in [6.45, 7) is 0.619. The molecular weight excluding hydrogens is 214 g/mol. The summed E-state index contributed by atoms with van der Waals surface area (Å²) in [7, 11) is 3.77. The predicted octanol–water partition coefficient (Wildman–Crippen LogP) is 0.937. The Labute approximate surface area is 92.9 Å². The van der Waals surface area contributed by atoms with Crippen molar-refractivity contribution in [3.63, 3.8) is 0 Å². The van der Waals surface area contributed by atoms with Crippen LogP contribution in [0.4, 0.5) is 5.82 Å². The molecule has 1 aromatic heterocycles. The summed E-state index contributed by atoms with van der Waals surface area (Å²) in [6.07, 6.45) is 3.59. The molecule has 0 saturated heterocycles. The van der Waals surface area contributed by atoms with E-state index in [1.165, 1.54) is 11.8 Å². The van der Waals surface area contributed by atoms with E-state index in [0.29, 0.717) is 11.6 Å². The Morgan fingerprint density at radius 3 is 2.87 bits per heavy atom. The predicted molar refractivity (Wildman–Crippen MR) is 59.0 cm³/mol. The zero-order valence-electron chi connectivity index (χ0n) is 8.93. The van der Waals surface area contributed by atoms with Gasteiger partial charge in [-0.3, -0.25) is 4.79 Å². The van der Waals surface area contributed by atoms with Gasteiger partial charge in [0, 0.05) is 20.3 Å². The highest BCUT2D eigenvalue weighted by molar-refractivity contribution is 7.98. The Hall–Kier alpha value is -1.30. The van der Waals surface area contributed by atoms with Crippen LogP contribution in [-0.4, -0.2) is 36.8 Å². The SMILES string of the molecule is CSc1ncc(COC=O)c(N(C)C)n1. The summed E-state index contributed by atoms with van der Waals surface area (Å²) in [6, 6.07) is 0. The van der Waals surface area contributed by atoms with E-state index < -0.39 is 0 Å². The molecule has 0 aliphatic carbocycles. The number of thioether (sulfide) groups is 1. The normalized spacial score (nSPS) is 9.80. The largest absolute Gasteiger partial charge is 0.463 e. The van der Waals surface area contributed by atoms with Crippen LogP contribution in [0.2, 0.25) is 0 Å². The summed E-state index contributed by atoms with van der Waals surface area (Å²) >= 11 is 1.47. The van der Waals surface area contributed by atoms with Gasteiger partial charge < -0.3 is 9.64 Å². The van der Waals surface area contributed by atoms with E-state index in [4.69, 9.17) is 0 Å². The van der Waals surface area contributed by atoms with Crippen molar-refractivity contribution in [2.75, 3.05) is 25.3 Å². The zero-order valence-corrected chi connectivity index (χ0v) is 9.74. The van der Waals surface area contributed by atoms with Gasteiger partial charge in [-0.1, -0.05) is 11.8 Å². The van der Waals surface area contributed by atoms with Gasteiger partial charge in [-0.15, -0.1) is 0 Å². The first-order valence-corrected chi connectivity index (χ1v) is 5.54. The fourth-order valence-electron chi connectivity index (χ4n) is 1.09. The standard InChI is InChI=1S/C9H13N3O2S/c1-12(2)8-7(5-14-6-13)4-10-9(11-8)15-3/h4,6H,5H2,1-3H3. The molecular formula is C9H13N3O2S. The molecule has 0 bridgehead atoms. The lowest BCUT2D eigenvalue weighted by atomic mass is 10.3. The van der Waals surface area contributed by atoms with E-state index in [2.05, 4.69) is 14.7 Å². The highest BCUT2D eigenvalue weighted by atomic mass is 32.2. The second kappa shape index (κ2) is 5.55. The summed E-state index contributed by atoms with van der Waals surface area (Å²) in [5.41, 5.74) is 0.796. The monoisotopic (exact) mass is 227 g/mol. The van der Waals surface area contributed by atoms with Gasteiger partial charge in [-0.2, -0.15) is 0 Å². The summed E-state index contributed by atoms with van der Waals surface area (Å²) in [5, 5.41) is 0.702. The van der Waals surface area contributed by atoms with Crippen molar-refractivity contribution in [3.05, 3.63) is 11.8 Å².